The van der Waals surface area contributed by atoms with Crippen LogP contribution in [0.5, 0.6) is 0 Å². The molecule has 1 aliphatic heterocycles. The zero-order chi connectivity index (χ0) is 18.9. The van der Waals surface area contributed by atoms with Crippen molar-refractivity contribution in [2.75, 3.05) is 26.2 Å². The monoisotopic (exact) mass is 408 g/mol. The summed E-state index contributed by atoms with van der Waals surface area (Å²) in [5, 5.41) is 8.50. The molecule has 142 valence electrons. The maximum atomic E-state index is 12.7. The lowest BCUT2D eigenvalue weighted by Crippen LogP contribution is -2.48. The van der Waals surface area contributed by atoms with Gasteiger partial charge in [0.2, 0.25) is 15.9 Å². The quantitative estimate of drug-likeness (QED) is 0.640. The second-order valence-corrected chi connectivity index (χ2v) is 8.49. The van der Waals surface area contributed by atoms with Gasteiger partial charge in [0, 0.05) is 31.2 Å². The molecule has 3 heterocycles. The predicted molar refractivity (Wildman–Crippen MR) is 97.5 cm³/mol. The van der Waals surface area contributed by atoms with Gasteiger partial charge in [0.1, 0.15) is 0 Å². The molecule has 0 amide bonds. The Morgan fingerprint density at radius 2 is 1.78 bits per heavy atom. The van der Waals surface area contributed by atoms with E-state index in [2.05, 4.69) is 15.1 Å². The molecule has 0 radical (unpaired) electrons. The molecule has 27 heavy (non-hydrogen) atoms. The number of rotatable bonds is 5. The zero-order valence-corrected chi connectivity index (χ0v) is 15.9. The van der Waals surface area contributed by atoms with Crippen LogP contribution in [0.3, 0.4) is 0 Å². The average Bonchev–Trinajstić information content (AvgIpc) is 3.34. The summed E-state index contributed by atoms with van der Waals surface area (Å²) in [7, 11) is -3.52. The van der Waals surface area contributed by atoms with Crippen LogP contribution in [0.25, 0.3) is 11.7 Å². The van der Waals surface area contributed by atoms with Gasteiger partial charge in [-0.25, -0.2) is 8.42 Å². The predicted octanol–water partition coefficient (Wildman–Crippen LogP) is 2.49. The lowest BCUT2D eigenvalue weighted by molar-refractivity contribution is 0.168. The van der Waals surface area contributed by atoms with Gasteiger partial charge in [0.25, 0.3) is 5.89 Å². The normalized spacial score (nSPS) is 16.6. The first kappa shape index (κ1) is 18.2. The number of sulfonamides is 1. The lowest BCUT2D eigenvalue weighted by atomic mass is 10.3. The summed E-state index contributed by atoms with van der Waals surface area (Å²) < 4.78 is 37.7. The van der Waals surface area contributed by atoms with Crippen molar-refractivity contribution < 1.29 is 17.3 Å². The van der Waals surface area contributed by atoms with Crippen LogP contribution in [0.2, 0.25) is 5.02 Å². The number of furan rings is 1. The summed E-state index contributed by atoms with van der Waals surface area (Å²) in [5.41, 5.74) is 0. The highest BCUT2D eigenvalue weighted by Gasteiger charge is 2.29. The van der Waals surface area contributed by atoms with E-state index in [-0.39, 0.29) is 4.90 Å². The van der Waals surface area contributed by atoms with Gasteiger partial charge in [0.15, 0.2) is 5.76 Å². The van der Waals surface area contributed by atoms with Gasteiger partial charge >= 0.3 is 0 Å². The minimum atomic E-state index is -3.52. The highest BCUT2D eigenvalue weighted by atomic mass is 35.5. The van der Waals surface area contributed by atoms with E-state index in [1.165, 1.54) is 16.4 Å². The van der Waals surface area contributed by atoms with Gasteiger partial charge in [-0.3, -0.25) is 4.90 Å². The van der Waals surface area contributed by atoms with E-state index in [0.29, 0.717) is 55.3 Å². The van der Waals surface area contributed by atoms with Crippen molar-refractivity contribution in [3.05, 3.63) is 53.6 Å². The number of halogens is 1. The lowest BCUT2D eigenvalue weighted by Gasteiger charge is -2.33. The van der Waals surface area contributed by atoms with Gasteiger partial charge in [-0.2, -0.15) is 4.31 Å². The molecule has 1 aliphatic rings. The van der Waals surface area contributed by atoms with Crippen molar-refractivity contribution in [2.45, 2.75) is 11.4 Å². The smallest absolute Gasteiger partial charge is 0.283 e. The third kappa shape index (κ3) is 3.91. The van der Waals surface area contributed by atoms with E-state index in [0.717, 1.165) is 0 Å². The molecule has 0 bridgehead atoms. The largest absolute Gasteiger partial charge is 0.459 e. The number of aromatic nitrogens is 2. The molecule has 10 heteroatoms. The maximum Gasteiger partial charge on any atom is 0.283 e. The molecule has 0 spiro atoms. The topological polar surface area (TPSA) is 92.7 Å². The Balaban J connectivity index is 1.37. The van der Waals surface area contributed by atoms with Crippen LogP contribution >= 0.6 is 11.6 Å². The van der Waals surface area contributed by atoms with Crippen molar-refractivity contribution >= 4 is 21.6 Å². The standard InChI is InChI=1S/C17H17ClN4O4S/c18-13-3-5-14(6-4-13)27(23,24)22-9-7-21(8-10-22)12-16-19-20-17(26-16)15-2-1-11-25-15/h1-6,11H,7-10,12H2. The average molecular weight is 409 g/mol. The number of hydrogen-bond donors (Lipinski definition) is 0. The number of piperazine rings is 1. The highest BCUT2D eigenvalue weighted by Crippen LogP contribution is 2.21. The second kappa shape index (κ2) is 7.43. The van der Waals surface area contributed by atoms with Crippen LogP contribution in [0, 0.1) is 0 Å². The number of benzene rings is 1. The van der Waals surface area contributed by atoms with E-state index in [4.69, 9.17) is 20.4 Å². The third-order valence-electron chi connectivity index (χ3n) is 4.34. The van der Waals surface area contributed by atoms with Gasteiger partial charge < -0.3 is 8.83 Å². The maximum absolute atomic E-state index is 12.7. The minimum Gasteiger partial charge on any atom is -0.459 e. The molecule has 0 N–H and O–H groups in total. The molecule has 2 aromatic heterocycles. The fraction of sp³-hybridized carbons (Fsp3) is 0.294. The minimum absolute atomic E-state index is 0.250. The fourth-order valence-corrected chi connectivity index (χ4v) is 4.44. The summed E-state index contributed by atoms with van der Waals surface area (Å²) in [6, 6.07) is 9.71. The first-order valence-electron chi connectivity index (χ1n) is 8.37. The van der Waals surface area contributed by atoms with Crippen LogP contribution in [0.1, 0.15) is 5.89 Å². The fourth-order valence-electron chi connectivity index (χ4n) is 2.89. The summed E-state index contributed by atoms with van der Waals surface area (Å²) >= 11 is 5.84. The molecule has 0 atom stereocenters. The Kier molecular flexibility index (Phi) is 5.00. The Morgan fingerprint density at radius 1 is 1.04 bits per heavy atom. The van der Waals surface area contributed by atoms with Gasteiger partial charge in [-0.1, -0.05) is 11.6 Å². The Bertz CT molecular complexity index is 994. The van der Waals surface area contributed by atoms with Gasteiger partial charge in [-0.15, -0.1) is 10.2 Å². The first-order chi connectivity index (χ1) is 13.0. The van der Waals surface area contributed by atoms with E-state index in [1.54, 1.807) is 30.5 Å². The Morgan fingerprint density at radius 3 is 2.44 bits per heavy atom. The molecule has 1 saturated heterocycles. The molecule has 4 rings (SSSR count). The zero-order valence-electron chi connectivity index (χ0n) is 14.3. The third-order valence-corrected chi connectivity index (χ3v) is 6.51. The Hall–Kier alpha value is -2.20. The van der Waals surface area contributed by atoms with E-state index >= 15 is 0 Å². The SMILES string of the molecule is O=S(=O)(c1ccc(Cl)cc1)N1CCN(Cc2nnc(-c3ccco3)o2)CC1. The molecule has 0 unspecified atom stereocenters. The summed E-state index contributed by atoms with van der Waals surface area (Å²) in [6.07, 6.45) is 1.54. The first-order valence-corrected chi connectivity index (χ1v) is 10.2. The van der Waals surface area contributed by atoms with Gasteiger partial charge in [0.05, 0.1) is 17.7 Å². The van der Waals surface area contributed by atoms with Crippen molar-refractivity contribution in [1.82, 2.24) is 19.4 Å². The van der Waals surface area contributed by atoms with E-state index in [9.17, 15) is 8.42 Å². The highest BCUT2D eigenvalue weighted by molar-refractivity contribution is 7.89. The summed E-state index contributed by atoms with van der Waals surface area (Å²) in [6.45, 7) is 2.40. The molecule has 1 fully saturated rings. The molecule has 0 aliphatic carbocycles. The van der Waals surface area contributed by atoms with Crippen molar-refractivity contribution in [3.8, 4) is 11.7 Å². The van der Waals surface area contributed by atoms with Gasteiger partial charge in [-0.05, 0) is 36.4 Å². The van der Waals surface area contributed by atoms with Crippen LogP contribution in [-0.2, 0) is 16.6 Å². The molecular weight excluding hydrogens is 392 g/mol. The van der Waals surface area contributed by atoms with Crippen LogP contribution in [0.4, 0.5) is 0 Å². The molecular formula is C17H17ClN4O4S. The summed E-state index contributed by atoms with van der Waals surface area (Å²) in [5.74, 6) is 1.32. The molecule has 0 saturated carbocycles. The Labute approximate surface area is 161 Å². The second-order valence-electron chi connectivity index (χ2n) is 6.11. The van der Waals surface area contributed by atoms with Crippen LogP contribution < -0.4 is 0 Å². The van der Waals surface area contributed by atoms with Crippen molar-refractivity contribution in [1.29, 1.82) is 0 Å². The van der Waals surface area contributed by atoms with Crippen LogP contribution in [-0.4, -0.2) is 54.0 Å². The van der Waals surface area contributed by atoms with E-state index < -0.39 is 10.0 Å². The number of nitrogens with zero attached hydrogens (tertiary/aromatic N) is 4. The van der Waals surface area contributed by atoms with E-state index in [1.807, 2.05) is 0 Å². The molecule has 1 aromatic carbocycles. The molecule has 8 nitrogen and oxygen atoms in total. The van der Waals surface area contributed by atoms with Crippen LogP contribution in [0.15, 0.2) is 56.4 Å². The van der Waals surface area contributed by atoms with Crippen molar-refractivity contribution in [2.24, 2.45) is 0 Å². The molecule has 3 aromatic rings. The van der Waals surface area contributed by atoms with Crippen molar-refractivity contribution in [3.63, 3.8) is 0 Å². The number of hydrogen-bond acceptors (Lipinski definition) is 7. The summed E-state index contributed by atoms with van der Waals surface area (Å²) in [4.78, 5) is 2.33.